The monoisotopic (exact) mass is 454 g/mol. The predicted octanol–water partition coefficient (Wildman–Crippen LogP) is 2.22. The maximum atomic E-state index is 13.4. The lowest BCUT2D eigenvalue weighted by molar-refractivity contribution is -0.137. The molecule has 8 nitrogen and oxygen atoms in total. The average Bonchev–Trinajstić information content (AvgIpc) is 2.75. The van der Waals surface area contributed by atoms with Crippen molar-refractivity contribution in [3.05, 3.63) is 64.2 Å². The molecule has 0 bridgehead atoms. The summed E-state index contributed by atoms with van der Waals surface area (Å²) < 4.78 is 0. The van der Waals surface area contributed by atoms with Crippen molar-refractivity contribution in [3.63, 3.8) is 0 Å². The standard InChI is InChI=1S/C23H23ClN4O4/c1-13-26-17-4-2-3-15(12-25-20(30)11-14-5-7-16(24)8-6-14)21(17)23(32)28(13)18-9-10-19(29)27-22(18)31/h2-8,13,18,26H,9-12H2,1H3,(H,25,30)(H,27,29,31). The van der Waals surface area contributed by atoms with E-state index in [0.29, 0.717) is 21.8 Å². The molecular weight excluding hydrogens is 432 g/mol. The third kappa shape index (κ3) is 4.45. The van der Waals surface area contributed by atoms with Crippen molar-refractivity contribution in [1.82, 2.24) is 15.5 Å². The van der Waals surface area contributed by atoms with Gasteiger partial charge in [-0.3, -0.25) is 24.5 Å². The van der Waals surface area contributed by atoms with Gasteiger partial charge in [-0.25, -0.2) is 0 Å². The highest BCUT2D eigenvalue weighted by atomic mass is 35.5. The number of imide groups is 1. The summed E-state index contributed by atoms with van der Waals surface area (Å²) in [5, 5.41) is 9.03. The number of nitrogens with one attached hydrogen (secondary N) is 3. The Bertz CT molecular complexity index is 1090. The molecule has 0 saturated carbocycles. The van der Waals surface area contributed by atoms with Crippen LogP contribution >= 0.6 is 11.6 Å². The molecule has 4 rings (SSSR count). The quantitative estimate of drug-likeness (QED) is 0.600. The Morgan fingerprint density at radius 1 is 1.16 bits per heavy atom. The fourth-order valence-electron chi connectivity index (χ4n) is 4.12. The summed E-state index contributed by atoms with van der Waals surface area (Å²) in [6.45, 7) is 1.96. The molecule has 9 heteroatoms. The highest BCUT2D eigenvalue weighted by Gasteiger charge is 2.41. The molecule has 1 saturated heterocycles. The van der Waals surface area contributed by atoms with Crippen molar-refractivity contribution in [2.45, 2.75) is 44.9 Å². The van der Waals surface area contributed by atoms with E-state index in [1.54, 1.807) is 43.3 Å². The SMILES string of the molecule is CC1Nc2cccc(CNC(=O)Cc3ccc(Cl)cc3)c2C(=O)N1C1CCC(=O)NC1=O. The smallest absolute Gasteiger partial charge is 0.258 e. The number of anilines is 1. The van der Waals surface area contributed by atoms with Gasteiger partial charge in [0.1, 0.15) is 6.04 Å². The van der Waals surface area contributed by atoms with Crippen LogP contribution < -0.4 is 16.0 Å². The molecule has 0 aliphatic carbocycles. The fourth-order valence-corrected chi connectivity index (χ4v) is 4.25. The summed E-state index contributed by atoms with van der Waals surface area (Å²) in [7, 11) is 0. The van der Waals surface area contributed by atoms with Gasteiger partial charge in [0, 0.05) is 23.7 Å². The van der Waals surface area contributed by atoms with Gasteiger partial charge in [-0.2, -0.15) is 0 Å². The van der Waals surface area contributed by atoms with Gasteiger partial charge < -0.3 is 15.5 Å². The van der Waals surface area contributed by atoms with E-state index in [1.807, 2.05) is 6.07 Å². The maximum absolute atomic E-state index is 13.4. The van der Waals surface area contributed by atoms with Crippen LogP contribution in [0.2, 0.25) is 5.02 Å². The molecule has 2 unspecified atom stereocenters. The molecule has 2 aromatic rings. The number of fused-ring (bicyclic) bond motifs is 1. The normalized spacial score (nSPS) is 20.3. The zero-order valence-electron chi connectivity index (χ0n) is 17.5. The number of benzene rings is 2. The predicted molar refractivity (Wildman–Crippen MR) is 119 cm³/mol. The number of carbonyl (C=O) groups excluding carboxylic acids is 4. The van der Waals surface area contributed by atoms with Gasteiger partial charge in [0.05, 0.1) is 18.2 Å². The molecule has 2 aliphatic heterocycles. The Morgan fingerprint density at radius 2 is 1.91 bits per heavy atom. The number of halogens is 1. The van der Waals surface area contributed by atoms with Gasteiger partial charge in [-0.05, 0) is 42.7 Å². The molecule has 32 heavy (non-hydrogen) atoms. The Hall–Kier alpha value is -3.39. The first-order valence-corrected chi connectivity index (χ1v) is 10.8. The van der Waals surface area contributed by atoms with E-state index in [2.05, 4.69) is 16.0 Å². The molecule has 4 amide bonds. The first-order valence-electron chi connectivity index (χ1n) is 10.4. The average molecular weight is 455 g/mol. The van der Waals surface area contributed by atoms with E-state index >= 15 is 0 Å². The van der Waals surface area contributed by atoms with Crippen LogP contribution in [0.3, 0.4) is 0 Å². The molecule has 2 aromatic carbocycles. The molecular formula is C23H23ClN4O4. The third-order valence-corrected chi connectivity index (χ3v) is 5.93. The van der Waals surface area contributed by atoms with Crippen LogP contribution in [0.4, 0.5) is 5.69 Å². The van der Waals surface area contributed by atoms with Gasteiger partial charge in [0.2, 0.25) is 17.7 Å². The largest absolute Gasteiger partial charge is 0.365 e. The topological polar surface area (TPSA) is 108 Å². The minimum atomic E-state index is -0.733. The first kappa shape index (κ1) is 21.8. The molecule has 3 N–H and O–H groups in total. The van der Waals surface area contributed by atoms with Crippen LogP contribution in [0.25, 0.3) is 0 Å². The summed E-state index contributed by atoms with van der Waals surface area (Å²) in [6.07, 6.45) is 0.228. The lowest BCUT2D eigenvalue weighted by atomic mass is 9.96. The van der Waals surface area contributed by atoms with Crippen molar-refractivity contribution in [1.29, 1.82) is 0 Å². The third-order valence-electron chi connectivity index (χ3n) is 5.68. The second-order valence-electron chi connectivity index (χ2n) is 7.92. The van der Waals surface area contributed by atoms with E-state index in [0.717, 1.165) is 5.56 Å². The van der Waals surface area contributed by atoms with Crippen LogP contribution in [0, 0.1) is 0 Å². The molecule has 166 valence electrons. The minimum Gasteiger partial charge on any atom is -0.365 e. The Labute approximate surface area is 190 Å². The van der Waals surface area contributed by atoms with E-state index in [9.17, 15) is 19.2 Å². The van der Waals surface area contributed by atoms with Gasteiger partial charge >= 0.3 is 0 Å². The van der Waals surface area contributed by atoms with Crippen molar-refractivity contribution in [2.24, 2.45) is 0 Å². The van der Waals surface area contributed by atoms with E-state index in [-0.39, 0.29) is 43.5 Å². The molecule has 0 radical (unpaired) electrons. The number of rotatable bonds is 5. The second-order valence-corrected chi connectivity index (χ2v) is 8.36. The van der Waals surface area contributed by atoms with Gasteiger partial charge in [-0.15, -0.1) is 0 Å². The zero-order valence-corrected chi connectivity index (χ0v) is 18.2. The van der Waals surface area contributed by atoms with Crippen LogP contribution in [-0.4, -0.2) is 40.7 Å². The highest BCUT2D eigenvalue weighted by molar-refractivity contribution is 6.30. The molecule has 0 spiro atoms. The van der Waals surface area contributed by atoms with E-state index in [1.165, 1.54) is 4.90 Å². The van der Waals surface area contributed by atoms with Crippen LogP contribution in [-0.2, 0) is 27.3 Å². The van der Waals surface area contributed by atoms with Crippen molar-refractivity contribution < 1.29 is 19.2 Å². The van der Waals surface area contributed by atoms with Gasteiger partial charge in [0.25, 0.3) is 5.91 Å². The highest BCUT2D eigenvalue weighted by Crippen LogP contribution is 2.31. The number of piperidine rings is 1. The molecule has 1 fully saturated rings. The summed E-state index contributed by atoms with van der Waals surface area (Å²) in [6, 6.07) is 11.7. The van der Waals surface area contributed by atoms with E-state index in [4.69, 9.17) is 11.6 Å². The lowest BCUT2D eigenvalue weighted by Crippen LogP contribution is -2.60. The molecule has 2 heterocycles. The Morgan fingerprint density at radius 3 is 2.62 bits per heavy atom. The van der Waals surface area contributed by atoms with E-state index < -0.39 is 18.1 Å². The lowest BCUT2D eigenvalue weighted by Gasteiger charge is -2.41. The number of carbonyl (C=O) groups is 4. The number of hydrogen-bond acceptors (Lipinski definition) is 5. The minimum absolute atomic E-state index is 0.167. The summed E-state index contributed by atoms with van der Waals surface area (Å²) in [5.41, 5.74) is 2.55. The van der Waals surface area contributed by atoms with Gasteiger partial charge in [-0.1, -0.05) is 35.9 Å². The van der Waals surface area contributed by atoms with Crippen LogP contribution in [0.5, 0.6) is 0 Å². The van der Waals surface area contributed by atoms with Crippen LogP contribution in [0.15, 0.2) is 42.5 Å². The zero-order chi connectivity index (χ0) is 22.8. The van der Waals surface area contributed by atoms with Crippen molar-refractivity contribution in [3.8, 4) is 0 Å². The van der Waals surface area contributed by atoms with Crippen molar-refractivity contribution >= 4 is 40.9 Å². The van der Waals surface area contributed by atoms with Crippen LogP contribution in [0.1, 0.15) is 41.3 Å². The Kier molecular flexibility index (Phi) is 6.14. The summed E-state index contributed by atoms with van der Waals surface area (Å²) in [4.78, 5) is 51.2. The molecule has 2 aliphatic rings. The maximum Gasteiger partial charge on any atom is 0.258 e. The van der Waals surface area contributed by atoms with Gasteiger partial charge in [0.15, 0.2) is 0 Å². The number of hydrogen-bond donors (Lipinski definition) is 3. The molecule has 2 atom stereocenters. The first-order chi connectivity index (χ1) is 15.3. The second kappa shape index (κ2) is 9.00. The van der Waals surface area contributed by atoms with Crippen molar-refractivity contribution in [2.75, 3.05) is 5.32 Å². The Balaban J connectivity index is 1.50. The molecule has 0 aromatic heterocycles. The number of nitrogens with zero attached hydrogens (tertiary/aromatic N) is 1. The number of amides is 4. The summed E-state index contributed by atoms with van der Waals surface area (Å²) in [5.74, 6) is -1.29. The summed E-state index contributed by atoms with van der Waals surface area (Å²) >= 11 is 5.88. The fraction of sp³-hybridized carbons (Fsp3) is 0.304.